The first-order valence-electron chi connectivity index (χ1n) is 5.34. The zero-order valence-corrected chi connectivity index (χ0v) is 10.8. The first-order chi connectivity index (χ1) is 8.47. The average molecular weight is 265 g/mol. The molecule has 0 atom stereocenters. The number of hydrogen-bond acceptors (Lipinski definition) is 3. The van der Waals surface area contributed by atoms with E-state index in [4.69, 9.17) is 17.3 Å². The van der Waals surface area contributed by atoms with Crippen molar-refractivity contribution in [2.75, 3.05) is 11.1 Å². The summed E-state index contributed by atoms with van der Waals surface area (Å²) in [6.07, 6.45) is 1.73. The molecule has 1 aromatic heterocycles. The molecule has 1 amide bonds. The van der Waals surface area contributed by atoms with Crippen LogP contribution in [0.4, 0.5) is 11.4 Å². The molecule has 0 aliphatic heterocycles. The Bertz CT molecular complexity index is 606. The molecule has 0 radical (unpaired) electrons. The largest absolute Gasteiger partial charge is 0.399 e. The number of benzene rings is 1. The molecule has 0 spiro atoms. The molecule has 0 bridgehead atoms. The van der Waals surface area contributed by atoms with E-state index in [1.165, 1.54) is 0 Å². The second kappa shape index (κ2) is 4.70. The summed E-state index contributed by atoms with van der Waals surface area (Å²) in [5.74, 6) is -0.281. The maximum Gasteiger partial charge on any atom is 0.257 e. The van der Waals surface area contributed by atoms with Gasteiger partial charge in [-0.3, -0.25) is 9.48 Å². The maximum atomic E-state index is 12.0. The summed E-state index contributed by atoms with van der Waals surface area (Å²) >= 11 is 5.97. The molecule has 0 saturated heterocycles. The van der Waals surface area contributed by atoms with E-state index in [1.807, 2.05) is 6.92 Å². The van der Waals surface area contributed by atoms with Gasteiger partial charge in [-0.2, -0.15) is 5.10 Å². The molecular weight excluding hydrogens is 252 g/mol. The van der Waals surface area contributed by atoms with Gasteiger partial charge in [0.05, 0.1) is 22.0 Å². The number of carbonyl (C=O) groups is 1. The van der Waals surface area contributed by atoms with E-state index in [-0.39, 0.29) is 5.91 Å². The lowest BCUT2D eigenvalue weighted by Crippen LogP contribution is -2.12. The normalized spacial score (nSPS) is 10.4. The predicted octanol–water partition coefficient (Wildman–Crippen LogP) is 2.22. The van der Waals surface area contributed by atoms with E-state index in [0.29, 0.717) is 22.0 Å². The van der Waals surface area contributed by atoms with Gasteiger partial charge in [-0.1, -0.05) is 11.6 Å². The standard InChI is InChI=1S/C12H13ClN4O/c1-7-11(6-17(2)16-7)15-12(18)9-4-3-8(14)5-10(9)13/h3-6H,14H2,1-2H3,(H,15,18). The molecule has 2 aromatic rings. The molecule has 94 valence electrons. The van der Waals surface area contributed by atoms with Crippen molar-refractivity contribution in [2.45, 2.75) is 6.92 Å². The molecule has 18 heavy (non-hydrogen) atoms. The Morgan fingerprint density at radius 1 is 1.50 bits per heavy atom. The van der Waals surface area contributed by atoms with E-state index < -0.39 is 0 Å². The lowest BCUT2D eigenvalue weighted by Gasteiger charge is -2.06. The monoisotopic (exact) mass is 264 g/mol. The minimum atomic E-state index is -0.281. The quantitative estimate of drug-likeness (QED) is 0.817. The Morgan fingerprint density at radius 3 is 2.78 bits per heavy atom. The number of halogens is 1. The number of nitrogens with one attached hydrogen (secondary N) is 1. The number of hydrogen-bond donors (Lipinski definition) is 2. The van der Waals surface area contributed by atoms with Crippen LogP contribution in [0.2, 0.25) is 5.02 Å². The van der Waals surface area contributed by atoms with Gasteiger partial charge >= 0.3 is 0 Å². The van der Waals surface area contributed by atoms with Gasteiger partial charge < -0.3 is 11.1 Å². The van der Waals surface area contributed by atoms with Gasteiger partial charge in [0.15, 0.2) is 0 Å². The van der Waals surface area contributed by atoms with Crippen molar-refractivity contribution in [3.8, 4) is 0 Å². The number of amides is 1. The molecule has 6 heteroatoms. The summed E-state index contributed by atoms with van der Waals surface area (Å²) in [6.45, 7) is 1.82. The topological polar surface area (TPSA) is 72.9 Å². The Kier molecular flexibility index (Phi) is 3.25. The summed E-state index contributed by atoms with van der Waals surface area (Å²) in [4.78, 5) is 12.0. The second-order valence-electron chi connectivity index (χ2n) is 4.00. The number of aromatic nitrogens is 2. The first-order valence-corrected chi connectivity index (χ1v) is 5.72. The molecule has 0 aliphatic rings. The van der Waals surface area contributed by atoms with Crippen molar-refractivity contribution < 1.29 is 4.79 Å². The van der Waals surface area contributed by atoms with Crippen molar-refractivity contribution in [3.63, 3.8) is 0 Å². The van der Waals surface area contributed by atoms with E-state index in [0.717, 1.165) is 5.69 Å². The fourth-order valence-corrected chi connectivity index (χ4v) is 1.90. The fourth-order valence-electron chi connectivity index (χ4n) is 1.63. The zero-order valence-electron chi connectivity index (χ0n) is 10.1. The maximum absolute atomic E-state index is 12.0. The van der Waals surface area contributed by atoms with Crippen LogP contribution in [0.25, 0.3) is 0 Å². The zero-order chi connectivity index (χ0) is 13.3. The highest BCUT2D eigenvalue weighted by Gasteiger charge is 2.13. The highest BCUT2D eigenvalue weighted by molar-refractivity contribution is 6.34. The molecule has 5 nitrogen and oxygen atoms in total. The number of rotatable bonds is 2. The Morgan fingerprint density at radius 2 is 2.22 bits per heavy atom. The number of nitrogens with two attached hydrogens (primary N) is 1. The van der Waals surface area contributed by atoms with E-state index >= 15 is 0 Å². The second-order valence-corrected chi connectivity index (χ2v) is 4.40. The van der Waals surface area contributed by atoms with E-state index in [9.17, 15) is 4.79 Å². The third kappa shape index (κ3) is 2.46. The van der Waals surface area contributed by atoms with Gasteiger partial charge in [0.2, 0.25) is 0 Å². The third-order valence-electron chi connectivity index (χ3n) is 2.50. The highest BCUT2D eigenvalue weighted by Crippen LogP contribution is 2.21. The summed E-state index contributed by atoms with van der Waals surface area (Å²) in [6, 6.07) is 4.78. The molecule has 0 aliphatic carbocycles. The van der Waals surface area contributed by atoms with Crippen LogP contribution < -0.4 is 11.1 Å². The molecule has 0 fully saturated rings. The minimum Gasteiger partial charge on any atom is -0.399 e. The molecule has 0 unspecified atom stereocenters. The van der Waals surface area contributed by atoms with Crippen molar-refractivity contribution in [2.24, 2.45) is 7.05 Å². The van der Waals surface area contributed by atoms with Crippen molar-refractivity contribution >= 4 is 28.9 Å². The SMILES string of the molecule is Cc1nn(C)cc1NC(=O)c1ccc(N)cc1Cl. The number of nitrogen functional groups attached to an aromatic ring is 1. The Balaban J connectivity index is 2.24. The average Bonchev–Trinajstić information content (AvgIpc) is 2.57. The third-order valence-corrected chi connectivity index (χ3v) is 2.81. The molecule has 0 saturated carbocycles. The van der Waals surface area contributed by atoms with Crippen molar-refractivity contribution in [1.82, 2.24) is 9.78 Å². The molecule has 2 rings (SSSR count). The number of aryl methyl sites for hydroxylation is 2. The van der Waals surface area contributed by atoms with Gasteiger partial charge in [-0.25, -0.2) is 0 Å². The summed E-state index contributed by atoms with van der Waals surface area (Å²) in [5.41, 5.74) is 7.89. The number of nitrogens with zero attached hydrogens (tertiary/aromatic N) is 2. The van der Waals surface area contributed by atoms with Crippen LogP contribution in [0.1, 0.15) is 16.1 Å². The smallest absolute Gasteiger partial charge is 0.257 e. The van der Waals surface area contributed by atoms with Gasteiger partial charge in [-0.05, 0) is 25.1 Å². The van der Waals surface area contributed by atoms with E-state index in [2.05, 4.69) is 10.4 Å². The van der Waals surface area contributed by atoms with Crippen molar-refractivity contribution in [1.29, 1.82) is 0 Å². The van der Waals surface area contributed by atoms with Crippen LogP contribution in [0.3, 0.4) is 0 Å². The van der Waals surface area contributed by atoms with Crippen LogP contribution in [0, 0.1) is 6.92 Å². The Labute approximate surface area is 110 Å². The van der Waals surface area contributed by atoms with Gasteiger partial charge in [0.1, 0.15) is 0 Å². The van der Waals surface area contributed by atoms with Crippen LogP contribution in [-0.4, -0.2) is 15.7 Å². The lowest BCUT2D eigenvalue weighted by atomic mass is 10.2. The summed E-state index contributed by atoms with van der Waals surface area (Å²) in [7, 11) is 1.79. The van der Waals surface area contributed by atoms with Gasteiger partial charge in [0, 0.05) is 18.9 Å². The molecule has 3 N–H and O–H groups in total. The summed E-state index contributed by atoms with van der Waals surface area (Å²) in [5, 5.41) is 7.23. The molecule has 1 aromatic carbocycles. The number of carbonyl (C=O) groups excluding carboxylic acids is 1. The summed E-state index contributed by atoms with van der Waals surface area (Å²) < 4.78 is 1.63. The predicted molar refractivity (Wildman–Crippen MR) is 71.8 cm³/mol. The first kappa shape index (κ1) is 12.4. The molecular formula is C12H13ClN4O. The van der Waals surface area contributed by atoms with Crippen LogP contribution in [0.5, 0.6) is 0 Å². The van der Waals surface area contributed by atoms with Crippen LogP contribution >= 0.6 is 11.6 Å². The van der Waals surface area contributed by atoms with Crippen molar-refractivity contribution in [3.05, 3.63) is 40.7 Å². The number of anilines is 2. The minimum absolute atomic E-state index is 0.281. The van der Waals surface area contributed by atoms with Crippen LogP contribution in [0.15, 0.2) is 24.4 Å². The van der Waals surface area contributed by atoms with Gasteiger partial charge in [0.25, 0.3) is 5.91 Å². The lowest BCUT2D eigenvalue weighted by molar-refractivity contribution is 0.102. The molecule has 1 heterocycles. The van der Waals surface area contributed by atoms with E-state index in [1.54, 1.807) is 36.1 Å². The fraction of sp³-hybridized carbons (Fsp3) is 0.167. The highest BCUT2D eigenvalue weighted by atomic mass is 35.5. The van der Waals surface area contributed by atoms with Crippen LogP contribution in [-0.2, 0) is 7.05 Å². The van der Waals surface area contributed by atoms with Gasteiger partial charge in [-0.15, -0.1) is 0 Å². The Hall–Kier alpha value is -2.01.